The Morgan fingerprint density at radius 2 is 1.91 bits per heavy atom. The second-order valence-electron chi connectivity index (χ2n) is 7.87. The number of thioether (sulfide) groups is 1. The van der Waals surface area contributed by atoms with E-state index in [1.165, 1.54) is 11.8 Å². The van der Waals surface area contributed by atoms with Gasteiger partial charge in [-0.2, -0.15) is 0 Å². The number of rotatable bonds is 9. The minimum absolute atomic E-state index is 0.0929. The topological polar surface area (TPSA) is 118 Å². The molecule has 34 heavy (non-hydrogen) atoms. The van der Waals surface area contributed by atoms with Crippen LogP contribution in [0.5, 0.6) is 11.5 Å². The van der Waals surface area contributed by atoms with Crippen molar-refractivity contribution < 1.29 is 19.1 Å². The second kappa shape index (κ2) is 11.1. The maximum absolute atomic E-state index is 12.7. The SMILES string of the molecule is COc1ccc(-c2nc(SCC(=O)Nc3ccccc3C(=O)NC3CCCC3)n[nH]2)c(OC)c1. The van der Waals surface area contributed by atoms with Crippen LogP contribution in [-0.4, -0.2) is 53.0 Å². The summed E-state index contributed by atoms with van der Waals surface area (Å²) in [6, 6.07) is 12.6. The van der Waals surface area contributed by atoms with Gasteiger partial charge in [0.1, 0.15) is 11.5 Å². The first-order valence-corrected chi connectivity index (χ1v) is 12.0. The molecule has 1 heterocycles. The Morgan fingerprint density at radius 1 is 1.12 bits per heavy atom. The number of carbonyl (C=O) groups is 2. The van der Waals surface area contributed by atoms with E-state index in [-0.39, 0.29) is 23.6 Å². The van der Waals surface area contributed by atoms with Gasteiger partial charge in [-0.25, -0.2) is 4.98 Å². The number of para-hydroxylation sites is 1. The minimum atomic E-state index is -0.250. The highest BCUT2D eigenvalue weighted by molar-refractivity contribution is 7.99. The van der Waals surface area contributed by atoms with E-state index >= 15 is 0 Å². The molecule has 2 aromatic carbocycles. The lowest BCUT2D eigenvalue weighted by molar-refractivity contribution is -0.113. The molecule has 0 unspecified atom stereocenters. The van der Waals surface area contributed by atoms with Crippen LogP contribution < -0.4 is 20.1 Å². The molecule has 0 spiro atoms. The van der Waals surface area contributed by atoms with E-state index in [9.17, 15) is 9.59 Å². The van der Waals surface area contributed by atoms with Gasteiger partial charge in [0.15, 0.2) is 5.82 Å². The molecule has 1 saturated carbocycles. The highest BCUT2D eigenvalue weighted by Gasteiger charge is 2.20. The van der Waals surface area contributed by atoms with Crippen molar-refractivity contribution in [3.8, 4) is 22.9 Å². The van der Waals surface area contributed by atoms with E-state index in [1.807, 2.05) is 6.07 Å². The molecule has 0 aliphatic heterocycles. The van der Waals surface area contributed by atoms with E-state index < -0.39 is 0 Å². The number of benzene rings is 2. The summed E-state index contributed by atoms with van der Waals surface area (Å²) in [6.07, 6.45) is 4.26. The molecule has 9 nitrogen and oxygen atoms in total. The summed E-state index contributed by atoms with van der Waals surface area (Å²) in [5, 5.41) is 13.4. The van der Waals surface area contributed by atoms with Crippen molar-refractivity contribution in [2.75, 3.05) is 25.3 Å². The summed E-state index contributed by atoms with van der Waals surface area (Å²) in [7, 11) is 3.16. The predicted octanol–water partition coefficient (Wildman–Crippen LogP) is 3.89. The number of aromatic nitrogens is 3. The maximum Gasteiger partial charge on any atom is 0.253 e. The van der Waals surface area contributed by atoms with Gasteiger partial charge in [0.05, 0.1) is 36.8 Å². The zero-order chi connectivity index (χ0) is 23.9. The second-order valence-corrected chi connectivity index (χ2v) is 8.81. The molecule has 0 bridgehead atoms. The lowest BCUT2D eigenvalue weighted by atomic mass is 10.1. The molecule has 0 radical (unpaired) electrons. The van der Waals surface area contributed by atoms with Crippen molar-refractivity contribution in [3.05, 3.63) is 48.0 Å². The highest BCUT2D eigenvalue weighted by atomic mass is 32.2. The Labute approximate surface area is 202 Å². The van der Waals surface area contributed by atoms with Gasteiger partial charge >= 0.3 is 0 Å². The van der Waals surface area contributed by atoms with Crippen molar-refractivity contribution in [2.24, 2.45) is 0 Å². The van der Waals surface area contributed by atoms with Crippen molar-refractivity contribution >= 4 is 29.3 Å². The number of methoxy groups -OCH3 is 2. The normalized spacial score (nSPS) is 13.5. The van der Waals surface area contributed by atoms with Gasteiger partial charge in [-0.05, 0) is 37.1 Å². The predicted molar refractivity (Wildman–Crippen MR) is 130 cm³/mol. The number of amides is 2. The van der Waals surface area contributed by atoms with Crippen LogP contribution in [-0.2, 0) is 4.79 Å². The molecular weight excluding hydrogens is 454 g/mol. The number of hydrogen-bond acceptors (Lipinski definition) is 7. The third kappa shape index (κ3) is 5.69. The van der Waals surface area contributed by atoms with Crippen LogP contribution >= 0.6 is 11.8 Å². The third-order valence-electron chi connectivity index (χ3n) is 5.60. The first kappa shape index (κ1) is 23.6. The fourth-order valence-electron chi connectivity index (χ4n) is 3.87. The maximum atomic E-state index is 12.7. The summed E-state index contributed by atoms with van der Waals surface area (Å²) >= 11 is 1.19. The van der Waals surface area contributed by atoms with Gasteiger partial charge in [0.2, 0.25) is 11.1 Å². The molecule has 178 valence electrons. The Balaban J connectivity index is 1.37. The fraction of sp³-hybridized carbons (Fsp3) is 0.333. The van der Waals surface area contributed by atoms with Gasteiger partial charge in [-0.15, -0.1) is 5.10 Å². The molecule has 1 aliphatic carbocycles. The fourth-order valence-corrected chi connectivity index (χ4v) is 4.46. The van der Waals surface area contributed by atoms with Crippen LogP contribution in [0.1, 0.15) is 36.0 Å². The van der Waals surface area contributed by atoms with E-state index in [0.717, 1.165) is 31.2 Å². The standard InChI is InChI=1S/C24H27N5O4S/c1-32-16-11-12-18(20(13-16)33-2)22-27-24(29-28-22)34-14-21(30)26-19-10-6-5-9-17(19)23(31)25-15-7-3-4-8-15/h5-6,9-13,15H,3-4,7-8,14H2,1-2H3,(H,25,31)(H,26,30)(H,27,28,29). The van der Waals surface area contributed by atoms with Crippen LogP contribution in [0.2, 0.25) is 0 Å². The number of anilines is 1. The molecule has 2 amide bonds. The molecular formula is C24H27N5O4S. The molecule has 10 heteroatoms. The first-order valence-electron chi connectivity index (χ1n) is 11.0. The molecule has 3 N–H and O–H groups in total. The van der Waals surface area contributed by atoms with E-state index in [2.05, 4.69) is 25.8 Å². The molecule has 0 atom stereocenters. The molecule has 1 fully saturated rings. The van der Waals surface area contributed by atoms with Crippen LogP contribution in [0, 0.1) is 0 Å². The lowest BCUT2D eigenvalue weighted by Crippen LogP contribution is -2.33. The van der Waals surface area contributed by atoms with Gasteiger partial charge in [-0.1, -0.05) is 36.7 Å². The first-order chi connectivity index (χ1) is 16.6. The van der Waals surface area contributed by atoms with Gasteiger partial charge in [0, 0.05) is 12.1 Å². The molecule has 0 saturated heterocycles. The molecule has 1 aliphatic rings. The summed E-state index contributed by atoms with van der Waals surface area (Å²) in [5.41, 5.74) is 1.68. The number of H-pyrrole nitrogens is 1. The highest BCUT2D eigenvalue weighted by Crippen LogP contribution is 2.32. The molecule has 1 aromatic heterocycles. The minimum Gasteiger partial charge on any atom is -0.497 e. The van der Waals surface area contributed by atoms with Crippen molar-refractivity contribution in [1.82, 2.24) is 20.5 Å². The average Bonchev–Trinajstić information content (AvgIpc) is 3.55. The van der Waals surface area contributed by atoms with E-state index in [4.69, 9.17) is 9.47 Å². The van der Waals surface area contributed by atoms with Gasteiger partial charge < -0.3 is 20.1 Å². The molecule has 3 aromatic rings. The number of hydrogen-bond donors (Lipinski definition) is 3. The molecule has 4 rings (SSSR count). The Morgan fingerprint density at radius 3 is 2.68 bits per heavy atom. The Kier molecular flexibility index (Phi) is 7.69. The van der Waals surface area contributed by atoms with Gasteiger partial charge in [-0.3, -0.25) is 14.7 Å². The lowest BCUT2D eigenvalue weighted by Gasteiger charge is -2.14. The number of aromatic amines is 1. The largest absolute Gasteiger partial charge is 0.497 e. The summed E-state index contributed by atoms with van der Waals surface area (Å²) in [6.45, 7) is 0. The number of ether oxygens (including phenoxy) is 2. The summed E-state index contributed by atoms with van der Waals surface area (Å²) < 4.78 is 10.6. The van der Waals surface area contributed by atoms with Crippen molar-refractivity contribution in [2.45, 2.75) is 36.9 Å². The monoisotopic (exact) mass is 481 g/mol. The zero-order valence-electron chi connectivity index (χ0n) is 19.1. The van der Waals surface area contributed by atoms with E-state index in [1.54, 1.807) is 50.6 Å². The van der Waals surface area contributed by atoms with Crippen molar-refractivity contribution in [3.63, 3.8) is 0 Å². The quantitative estimate of drug-likeness (QED) is 0.397. The summed E-state index contributed by atoms with van der Waals surface area (Å²) in [5.74, 6) is 1.47. The summed E-state index contributed by atoms with van der Waals surface area (Å²) in [4.78, 5) is 29.8. The third-order valence-corrected chi connectivity index (χ3v) is 6.44. The van der Waals surface area contributed by atoms with Crippen LogP contribution in [0.25, 0.3) is 11.4 Å². The smallest absolute Gasteiger partial charge is 0.253 e. The van der Waals surface area contributed by atoms with Crippen LogP contribution in [0.3, 0.4) is 0 Å². The Hall–Kier alpha value is -3.53. The zero-order valence-corrected chi connectivity index (χ0v) is 19.9. The average molecular weight is 482 g/mol. The number of carbonyl (C=O) groups excluding carboxylic acids is 2. The van der Waals surface area contributed by atoms with Crippen LogP contribution in [0.15, 0.2) is 47.6 Å². The Bertz CT molecular complexity index is 1160. The van der Waals surface area contributed by atoms with Crippen LogP contribution in [0.4, 0.5) is 5.69 Å². The number of nitrogens with one attached hydrogen (secondary N) is 3. The van der Waals surface area contributed by atoms with E-state index in [0.29, 0.717) is 33.7 Å². The van der Waals surface area contributed by atoms with Gasteiger partial charge in [0.25, 0.3) is 5.91 Å². The number of nitrogens with zero attached hydrogens (tertiary/aromatic N) is 2. The van der Waals surface area contributed by atoms with Crippen molar-refractivity contribution in [1.29, 1.82) is 0 Å².